The van der Waals surface area contributed by atoms with Gasteiger partial charge in [0.2, 0.25) is 5.01 Å². The molecular formula is C6H5F3N2O2S. The van der Waals surface area contributed by atoms with Gasteiger partial charge in [0.05, 0.1) is 7.11 Å². The molecule has 0 amide bonds. The molecule has 8 heteroatoms. The van der Waals surface area contributed by atoms with Crippen molar-refractivity contribution in [3.8, 4) is 0 Å². The zero-order valence-electron chi connectivity index (χ0n) is 6.88. The van der Waals surface area contributed by atoms with Crippen molar-refractivity contribution < 1.29 is 22.7 Å². The number of esters is 1. The molecule has 4 nitrogen and oxygen atoms in total. The van der Waals surface area contributed by atoms with Gasteiger partial charge in [0.1, 0.15) is 5.82 Å². The van der Waals surface area contributed by atoms with Crippen molar-refractivity contribution in [1.29, 1.82) is 0 Å². The molecule has 0 aromatic carbocycles. The first kappa shape index (κ1) is 10.8. The summed E-state index contributed by atoms with van der Waals surface area (Å²) in [6.45, 7) is 0. The van der Waals surface area contributed by atoms with E-state index in [1.807, 2.05) is 0 Å². The van der Waals surface area contributed by atoms with E-state index in [1.54, 1.807) is 0 Å². The standard InChI is InChI=1S/C6H5F3N2O2S/c1-13-4(12)2-3(10)11-5(14-2)6(7,8)9/h10H2,1H3. The fraction of sp³-hybridized carbons (Fsp3) is 0.333. The number of ether oxygens (including phenoxy) is 1. The zero-order valence-corrected chi connectivity index (χ0v) is 7.70. The van der Waals surface area contributed by atoms with Crippen LogP contribution in [0.4, 0.5) is 19.0 Å². The highest BCUT2D eigenvalue weighted by atomic mass is 32.1. The fourth-order valence-corrected chi connectivity index (χ4v) is 1.46. The average Bonchev–Trinajstić information content (AvgIpc) is 2.45. The van der Waals surface area contributed by atoms with Gasteiger partial charge in [-0.05, 0) is 0 Å². The van der Waals surface area contributed by atoms with E-state index in [9.17, 15) is 18.0 Å². The van der Waals surface area contributed by atoms with Gasteiger partial charge in [0, 0.05) is 0 Å². The number of rotatable bonds is 1. The van der Waals surface area contributed by atoms with E-state index < -0.39 is 23.0 Å². The van der Waals surface area contributed by atoms with Crippen LogP contribution in [0, 0.1) is 0 Å². The van der Waals surface area contributed by atoms with Crippen LogP contribution in [0.3, 0.4) is 0 Å². The lowest BCUT2D eigenvalue weighted by atomic mass is 10.5. The number of alkyl halides is 3. The van der Waals surface area contributed by atoms with Crippen molar-refractivity contribution in [2.24, 2.45) is 0 Å². The van der Waals surface area contributed by atoms with E-state index in [4.69, 9.17) is 5.73 Å². The molecule has 0 unspecified atom stereocenters. The van der Waals surface area contributed by atoms with Crippen LogP contribution in [0.2, 0.25) is 0 Å². The molecule has 0 saturated carbocycles. The predicted octanol–water partition coefficient (Wildman–Crippen LogP) is 1.53. The van der Waals surface area contributed by atoms with Crippen molar-refractivity contribution in [1.82, 2.24) is 4.98 Å². The van der Waals surface area contributed by atoms with Gasteiger partial charge in [-0.15, -0.1) is 11.3 Å². The number of anilines is 1. The normalized spacial score (nSPS) is 11.4. The summed E-state index contributed by atoms with van der Waals surface area (Å²) in [5.41, 5.74) is 5.11. The molecule has 0 bridgehead atoms. The summed E-state index contributed by atoms with van der Waals surface area (Å²) >= 11 is 0.163. The zero-order chi connectivity index (χ0) is 10.9. The third kappa shape index (κ3) is 1.95. The van der Waals surface area contributed by atoms with E-state index in [1.165, 1.54) is 0 Å². The van der Waals surface area contributed by atoms with Gasteiger partial charge in [-0.3, -0.25) is 0 Å². The molecule has 0 aliphatic carbocycles. The summed E-state index contributed by atoms with van der Waals surface area (Å²) in [6, 6.07) is 0. The van der Waals surface area contributed by atoms with Crippen molar-refractivity contribution in [3.05, 3.63) is 9.88 Å². The van der Waals surface area contributed by atoms with Crippen LogP contribution in [0.1, 0.15) is 14.7 Å². The first-order valence-electron chi connectivity index (χ1n) is 3.28. The minimum atomic E-state index is -4.59. The van der Waals surface area contributed by atoms with Crippen molar-refractivity contribution in [3.63, 3.8) is 0 Å². The maximum Gasteiger partial charge on any atom is 0.443 e. The minimum Gasteiger partial charge on any atom is -0.465 e. The Morgan fingerprint density at radius 1 is 1.57 bits per heavy atom. The number of carbonyl (C=O) groups is 1. The first-order valence-corrected chi connectivity index (χ1v) is 4.09. The van der Waals surface area contributed by atoms with Gasteiger partial charge in [0.25, 0.3) is 0 Å². The molecule has 0 aliphatic heterocycles. The number of hydrogen-bond donors (Lipinski definition) is 1. The van der Waals surface area contributed by atoms with Crippen molar-refractivity contribution in [2.45, 2.75) is 6.18 Å². The summed E-state index contributed by atoms with van der Waals surface area (Å²) in [6.07, 6.45) is -4.59. The second-order valence-corrected chi connectivity index (χ2v) is 3.22. The Bertz CT molecular complexity index is 360. The Labute approximate surface area is 80.5 Å². The third-order valence-electron chi connectivity index (χ3n) is 1.27. The Balaban J connectivity index is 3.12. The molecule has 78 valence electrons. The summed E-state index contributed by atoms with van der Waals surface area (Å²) in [5, 5.41) is -1.16. The van der Waals surface area contributed by atoms with Gasteiger partial charge in [-0.25, -0.2) is 9.78 Å². The van der Waals surface area contributed by atoms with Gasteiger partial charge in [-0.2, -0.15) is 13.2 Å². The van der Waals surface area contributed by atoms with E-state index in [0.29, 0.717) is 0 Å². The van der Waals surface area contributed by atoms with Gasteiger partial charge < -0.3 is 10.5 Å². The Morgan fingerprint density at radius 2 is 2.14 bits per heavy atom. The third-order valence-corrected chi connectivity index (χ3v) is 2.36. The highest BCUT2D eigenvalue weighted by molar-refractivity contribution is 7.14. The summed E-state index contributed by atoms with van der Waals surface area (Å²) in [4.78, 5) is 13.6. The topological polar surface area (TPSA) is 65.2 Å². The van der Waals surface area contributed by atoms with Crippen LogP contribution >= 0.6 is 11.3 Å². The van der Waals surface area contributed by atoms with Crippen LogP contribution in [0.15, 0.2) is 0 Å². The number of nitrogens with zero attached hydrogens (tertiary/aromatic N) is 1. The van der Waals surface area contributed by atoms with E-state index >= 15 is 0 Å². The van der Waals surface area contributed by atoms with Crippen LogP contribution in [-0.2, 0) is 10.9 Å². The monoisotopic (exact) mass is 226 g/mol. The molecular weight excluding hydrogens is 221 g/mol. The lowest BCUT2D eigenvalue weighted by molar-refractivity contribution is -0.137. The van der Waals surface area contributed by atoms with Crippen LogP contribution in [0.25, 0.3) is 0 Å². The lowest BCUT2D eigenvalue weighted by Gasteiger charge is -1.98. The molecule has 0 spiro atoms. The molecule has 1 rings (SSSR count). The SMILES string of the molecule is COC(=O)c1sc(C(F)(F)F)nc1N. The number of aromatic nitrogens is 1. The predicted molar refractivity (Wildman–Crippen MR) is 42.9 cm³/mol. The molecule has 1 aromatic rings. The number of methoxy groups -OCH3 is 1. The second kappa shape index (κ2) is 3.45. The number of nitrogen functional groups attached to an aromatic ring is 1. The number of halogens is 3. The van der Waals surface area contributed by atoms with Crippen LogP contribution < -0.4 is 5.73 Å². The maximum atomic E-state index is 12.1. The van der Waals surface area contributed by atoms with Gasteiger partial charge in [0.15, 0.2) is 4.88 Å². The second-order valence-electron chi connectivity index (χ2n) is 2.22. The van der Waals surface area contributed by atoms with Crippen molar-refractivity contribution in [2.75, 3.05) is 12.8 Å². The minimum absolute atomic E-state index is 0.163. The van der Waals surface area contributed by atoms with E-state index in [0.717, 1.165) is 7.11 Å². The quantitative estimate of drug-likeness (QED) is 0.737. The van der Waals surface area contributed by atoms with Gasteiger partial charge in [-0.1, -0.05) is 0 Å². The van der Waals surface area contributed by atoms with E-state index in [-0.39, 0.29) is 16.2 Å². The number of carbonyl (C=O) groups excluding carboxylic acids is 1. The number of thiazole rings is 1. The molecule has 1 heterocycles. The smallest absolute Gasteiger partial charge is 0.443 e. The molecule has 1 aromatic heterocycles. The summed E-state index contributed by atoms with van der Waals surface area (Å²) in [7, 11) is 1.05. The molecule has 0 radical (unpaired) electrons. The highest BCUT2D eigenvalue weighted by Crippen LogP contribution is 2.35. The molecule has 2 N–H and O–H groups in total. The molecule has 0 fully saturated rings. The largest absolute Gasteiger partial charge is 0.465 e. The van der Waals surface area contributed by atoms with Crippen molar-refractivity contribution >= 4 is 23.1 Å². The Kier molecular flexibility index (Phi) is 2.65. The van der Waals surface area contributed by atoms with Gasteiger partial charge >= 0.3 is 12.1 Å². The number of hydrogen-bond acceptors (Lipinski definition) is 5. The first-order chi connectivity index (χ1) is 6.36. The highest BCUT2D eigenvalue weighted by Gasteiger charge is 2.36. The molecule has 0 saturated heterocycles. The lowest BCUT2D eigenvalue weighted by Crippen LogP contribution is -2.04. The summed E-state index contributed by atoms with van der Waals surface area (Å²) in [5.74, 6) is -1.38. The van der Waals surface area contributed by atoms with E-state index in [2.05, 4.69) is 9.72 Å². The Hall–Kier alpha value is -1.31. The van der Waals surface area contributed by atoms with Crippen LogP contribution in [0.5, 0.6) is 0 Å². The Morgan fingerprint density at radius 3 is 2.50 bits per heavy atom. The van der Waals surface area contributed by atoms with Crippen LogP contribution in [-0.4, -0.2) is 18.1 Å². The average molecular weight is 226 g/mol. The number of nitrogens with two attached hydrogens (primary N) is 1. The summed E-state index contributed by atoms with van der Waals surface area (Å²) < 4.78 is 40.5. The fourth-order valence-electron chi connectivity index (χ4n) is 0.692. The molecule has 0 atom stereocenters. The molecule has 0 aliphatic rings. The molecule has 14 heavy (non-hydrogen) atoms. The maximum absolute atomic E-state index is 12.1.